The van der Waals surface area contributed by atoms with Crippen molar-refractivity contribution in [1.82, 2.24) is 15.2 Å². The molecule has 3 aromatic rings. The molecule has 0 saturated carbocycles. The number of rotatable bonds is 6. The van der Waals surface area contributed by atoms with Gasteiger partial charge in [-0.05, 0) is 42.7 Å². The number of halogens is 1. The molecule has 1 aliphatic rings. The van der Waals surface area contributed by atoms with Crippen LogP contribution in [0.25, 0.3) is 10.2 Å². The van der Waals surface area contributed by atoms with Gasteiger partial charge >= 0.3 is 0 Å². The third-order valence-electron chi connectivity index (χ3n) is 5.19. The highest BCUT2D eigenvalue weighted by Gasteiger charge is 2.27. The molecule has 2 aromatic carbocycles. The maximum atomic E-state index is 13.0. The van der Waals surface area contributed by atoms with Gasteiger partial charge in [0, 0.05) is 25.6 Å². The molecule has 1 fully saturated rings. The number of hydrogen-bond donors (Lipinski definition) is 1. The van der Waals surface area contributed by atoms with E-state index >= 15 is 0 Å². The highest BCUT2D eigenvalue weighted by atomic mass is 32.2. The SMILES string of the molecule is O=C(NCc1ccc(F)cc1)C1CCN(C(=O)CSc2nc3ccccc3s2)CC1. The summed E-state index contributed by atoms with van der Waals surface area (Å²) in [6.07, 6.45) is 1.32. The molecule has 2 amide bonds. The van der Waals surface area contributed by atoms with Crippen molar-refractivity contribution in [2.45, 2.75) is 23.7 Å². The average Bonchev–Trinajstić information content (AvgIpc) is 3.20. The van der Waals surface area contributed by atoms with Crippen LogP contribution in [0, 0.1) is 11.7 Å². The minimum atomic E-state index is -0.289. The van der Waals surface area contributed by atoms with Crippen LogP contribution in [0.1, 0.15) is 18.4 Å². The molecule has 0 bridgehead atoms. The Balaban J connectivity index is 1.21. The molecule has 4 rings (SSSR count). The van der Waals surface area contributed by atoms with Crippen molar-refractivity contribution in [1.29, 1.82) is 0 Å². The monoisotopic (exact) mass is 443 g/mol. The number of para-hydroxylation sites is 1. The van der Waals surface area contributed by atoms with E-state index in [0.717, 1.165) is 20.1 Å². The minimum absolute atomic E-state index is 0.00438. The second-order valence-corrected chi connectivity index (χ2v) is 9.49. The number of carbonyl (C=O) groups excluding carboxylic acids is 2. The number of nitrogens with one attached hydrogen (secondary N) is 1. The Morgan fingerprint density at radius 3 is 2.60 bits per heavy atom. The molecule has 5 nitrogen and oxygen atoms in total. The molecular weight excluding hydrogens is 421 g/mol. The fourth-order valence-electron chi connectivity index (χ4n) is 3.45. The number of amides is 2. The summed E-state index contributed by atoms with van der Waals surface area (Å²) in [5, 5.41) is 2.92. The van der Waals surface area contributed by atoms with Gasteiger partial charge in [0.25, 0.3) is 0 Å². The van der Waals surface area contributed by atoms with Crippen molar-refractivity contribution in [2.75, 3.05) is 18.8 Å². The van der Waals surface area contributed by atoms with Crippen molar-refractivity contribution in [2.24, 2.45) is 5.92 Å². The smallest absolute Gasteiger partial charge is 0.233 e. The van der Waals surface area contributed by atoms with E-state index in [1.54, 1.807) is 23.5 Å². The van der Waals surface area contributed by atoms with Crippen molar-refractivity contribution in [3.05, 3.63) is 59.9 Å². The van der Waals surface area contributed by atoms with Gasteiger partial charge in [0.15, 0.2) is 4.34 Å². The van der Waals surface area contributed by atoms with Gasteiger partial charge < -0.3 is 10.2 Å². The van der Waals surface area contributed by atoms with Crippen molar-refractivity contribution >= 4 is 45.1 Å². The molecule has 1 N–H and O–H groups in total. The third kappa shape index (κ3) is 5.17. The number of nitrogens with zero attached hydrogens (tertiary/aromatic N) is 2. The van der Waals surface area contributed by atoms with Crippen LogP contribution in [-0.2, 0) is 16.1 Å². The summed E-state index contributed by atoms with van der Waals surface area (Å²) in [6, 6.07) is 14.1. The summed E-state index contributed by atoms with van der Waals surface area (Å²) in [4.78, 5) is 31.4. The number of fused-ring (bicyclic) bond motifs is 1. The lowest BCUT2D eigenvalue weighted by atomic mass is 9.96. The van der Waals surface area contributed by atoms with Crippen LogP contribution >= 0.6 is 23.1 Å². The zero-order valence-electron chi connectivity index (χ0n) is 16.3. The molecule has 2 heterocycles. The Hall–Kier alpha value is -2.45. The molecule has 8 heteroatoms. The van der Waals surface area contributed by atoms with E-state index < -0.39 is 0 Å². The molecule has 156 valence electrons. The van der Waals surface area contributed by atoms with Gasteiger partial charge in [-0.15, -0.1) is 11.3 Å². The summed E-state index contributed by atoms with van der Waals surface area (Å²) in [5.74, 6) is 0.0656. The van der Waals surface area contributed by atoms with Crippen molar-refractivity contribution in [3.63, 3.8) is 0 Å². The molecule has 0 spiro atoms. The Kier molecular flexibility index (Phi) is 6.64. The fourth-order valence-corrected chi connectivity index (χ4v) is 5.43. The number of carbonyl (C=O) groups is 2. The number of likely N-dealkylation sites (tertiary alicyclic amines) is 1. The molecule has 0 aliphatic carbocycles. The van der Waals surface area contributed by atoms with E-state index in [1.807, 2.05) is 29.2 Å². The third-order valence-corrected chi connectivity index (χ3v) is 7.36. The lowest BCUT2D eigenvalue weighted by Gasteiger charge is -2.31. The van der Waals surface area contributed by atoms with Gasteiger partial charge in [-0.3, -0.25) is 9.59 Å². The van der Waals surface area contributed by atoms with E-state index in [0.29, 0.717) is 38.2 Å². The molecule has 0 atom stereocenters. The summed E-state index contributed by atoms with van der Waals surface area (Å²) in [6.45, 7) is 1.57. The summed E-state index contributed by atoms with van der Waals surface area (Å²) < 4.78 is 15.0. The van der Waals surface area contributed by atoms with Gasteiger partial charge in [0.1, 0.15) is 5.82 Å². The summed E-state index contributed by atoms with van der Waals surface area (Å²) in [5.41, 5.74) is 1.83. The Bertz CT molecular complexity index is 997. The van der Waals surface area contributed by atoms with Crippen molar-refractivity contribution in [3.8, 4) is 0 Å². The molecule has 1 aliphatic heterocycles. The lowest BCUT2D eigenvalue weighted by Crippen LogP contribution is -2.43. The van der Waals surface area contributed by atoms with Crippen LogP contribution in [0.2, 0.25) is 0 Å². The maximum Gasteiger partial charge on any atom is 0.233 e. The second kappa shape index (κ2) is 9.57. The average molecular weight is 444 g/mol. The van der Waals surface area contributed by atoms with E-state index in [2.05, 4.69) is 10.3 Å². The van der Waals surface area contributed by atoms with Crippen LogP contribution in [0.3, 0.4) is 0 Å². The van der Waals surface area contributed by atoms with Gasteiger partial charge in [0.2, 0.25) is 11.8 Å². The predicted molar refractivity (Wildman–Crippen MR) is 118 cm³/mol. The molecule has 0 radical (unpaired) electrons. The van der Waals surface area contributed by atoms with Gasteiger partial charge in [-0.25, -0.2) is 9.37 Å². The number of thioether (sulfide) groups is 1. The number of thiazole rings is 1. The summed E-state index contributed by atoms with van der Waals surface area (Å²) >= 11 is 3.07. The number of aromatic nitrogens is 1. The van der Waals surface area contributed by atoms with E-state index in [-0.39, 0.29) is 23.5 Å². The minimum Gasteiger partial charge on any atom is -0.352 e. The largest absolute Gasteiger partial charge is 0.352 e. The quantitative estimate of drug-likeness (QED) is 0.583. The van der Waals surface area contributed by atoms with Crippen molar-refractivity contribution < 1.29 is 14.0 Å². The fraction of sp³-hybridized carbons (Fsp3) is 0.318. The van der Waals surface area contributed by atoms with Crippen LogP contribution in [0.5, 0.6) is 0 Å². The lowest BCUT2D eigenvalue weighted by molar-refractivity contribution is -0.133. The van der Waals surface area contributed by atoms with Gasteiger partial charge in [-0.1, -0.05) is 36.0 Å². The molecule has 1 aromatic heterocycles. The maximum absolute atomic E-state index is 13.0. The van der Waals surface area contributed by atoms with Gasteiger partial charge in [0.05, 0.1) is 16.0 Å². The van der Waals surface area contributed by atoms with E-state index in [4.69, 9.17) is 0 Å². The Morgan fingerprint density at radius 2 is 1.87 bits per heavy atom. The van der Waals surface area contributed by atoms with Crippen LogP contribution in [0.4, 0.5) is 4.39 Å². The van der Waals surface area contributed by atoms with Crippen LogP contribution in [0.15, 0.2) is 52.9 Å². The first kappa shape index (κ1) is 20.8. The number of hydrogen-bond acceptors (Lipinski definition) is 5. The van der Waals surface area contributed by atoms with E-state index in [1.165, 1.54) is 23.9 Å². The first-order chi connectivity index (χ1) is 14.6. The zero-order valence-corrected chi connectivity index (χ0v) is 18.0. The van der Waals surface area contributed by atoms with Crippen LogP contribution < -0.4 is 5.32 Å². The molecular formula is C22H22FN3O2S2. The predicted octanol–water partition coefficient (Wildman–Crippen LogP) is 4.08. The highest BCUT2D eigenvalue weighted by molar-refractivity contribution is 8.01. The standard InChI is InChI=1S/C22H22FN3O2S2/c23-17-7-5-15(6-8-17)13-24-21(28)16-9-11-26(12-10-16)20(27)14-29-22-25-18-3-1-2-4-19(18)30-22/h1-8,16H,9-14H2,(H,24,28). The Morgan fingerprint density at radius 1 is 1.13 bits per heavy atom. The summed E-state index contributed by atoms with van der Waals surface area (Å²) in [7, 11) is 0. The second-order valence-electron chi connectivity index (χ2n) is 7.24. The number of benzene rings is 2. The molecule has 30 heavy (non-hydrogen) atoms. The first-order valence-electron chi connectivity index (χ1n) is 9.87. The number of piperidine rings is 1. The Labute approximate surface area is 182 Å². The first-order valence-corrected chi connectivity index (χ1v) is 11.7. The molecule has 0 unspecified atom stereocenters. The van der Waals surface area contributed by atoms with Gasteiger partial charge in [-0.2, -0.15) is 0 Å². The van der Waals surface area contributed by atoms with E-state index in [9.17, 15) is 14.0 Å². The normalized spacial score (nSPS) is 14.8. The molecule has 1 saturated heterocycles. The topological polar surface area (TPSA) is 62.3 Å². The highest BCUT2D eigenvalue weighted by Crippen LogP contribution is 2.29. The van der Waals surface area contributed by atoms with Crippen LogP contribution in [-0.4, -0.2) is 40.5 Å². The zero-order chi connectivity index (χ0) is 20.9.